The van der Waals surface area contributed by atoms with Gasteiger partial charge < -0.3 is 9.59 Å². The molecule has 0 rings (SSSR count). The number of rotatable bonds is 5. The second kappa shape index (κ2) is 6.99. The lowest BCUT2D eigenvalue weighted by molar-refractivity contribution is 0.424. The van der Waals surface area contributed by atoms with Gasteiger partial charge in [-0.3, -0.25) is 0 Å². The first kappa shape index (κ1) is 9.88. The van der Waals surface area contributed by atoms with E-state index in [4.69, 9.17) is 9.59 Å². The van der Waals surface area contributed by atoms with Gasteiger partial charge in [0.1, 0.15) is 0 Å². The minimum Gasteiger partial charge on any atom is -0.410 e. The smallest absolute Gasteiger partial charge is 0.342 e. The Morgan fingerprint density at radius 3 is 2.50 bits per heavy atom. The van der Waals surface area contributed by atoms with Crippen molar-refractivity contribution in [3.05, 3.63) is 11.8 Å². The highest BCUT2D eigenvalue weighted by atomic mass is 28.3. The first-order chi connectivity index (χ1) is 4.77. The number of allylic oxidation sites excluding steroid dienone is 1. The lowest BCUT2D eigenvalue weighted by Crippen LogP contribution is -2.05. The van der Waals surface area contributed by atoms with Gasteiger partial charge in [-0.05, 0) is 18.5 Å². The van der Waals surface area contributed by atoms with Gasteiger partial charge in [0.05, 0.1) is 0 Å². The van der Waals surface area contributed by atoms with E-state index in [1.54, 1.807) is 0 Å². The Kier molecular flexibility index (Phi) is 6.90. The van der Waals surface area contributed by atoms with Gasteiger partial charge in [0.2, 0.25) is 0 Å². The average molecular weight is 160 g/mol. The molecule has 0 unspecified atom stereocenters. The fourth-order valence-electron chi connectivity index (χ4n) is 0.730. The molecule has 0 saturated heterocycles. The summed E-state index contributed by atoms with van der Waals surface area (Å²) in [6.07, 6.45) is 6.46. The van der Waals surface area contributed by atoms with E-state index in [1.165, 1.54) is 18.5 Å². The van der Waals surface area contributed by atoms with Crippen LogP contribution in [0.1, 0.15) is 32.6 Å². The molecule has 2 nitrogen and oxygen atoms in total. The second-order valence-corrected chi connectivity index (χ2v) is 3.55. The molecule has 2 N–H and O–H groups in total. The quantitative estimate of drug-likeness (QED) is 0.463. The maximum Gasteiger partial charge on any atom is 0.342 e. The van der Waals surface area contributed by atoms with E-state index in [2.05, 4.69) is 6.92 Å². The Balaban J connectivity index is 3.02. The Morgan fingerprint density at radius 1 is 1.30 bits per heavy atom. The molecular formula is C7H16O2Si. The van der Waals surface area contributed by atoms with Crippen LogP contribution in [0.5, 0.6) is 0 Å². The normalized spacial score (nSPS) is 11.6. The molecule has 0 bridgehead atoms. The first-order valence-corrected chi connectivity index (χ1v) is 5.50. The second-order valence-electron chi connectivity index (χ2n) is 2.34. The van der Waals surface area contributed by atoms with Crippen LogP contribution in [0.4, 0.5) is 0 Å². The summed E-state index contributed by atoms with van der Waals surface area (Å²) in [4.78, 5) is 17.0. The third-order valence-corrected chi connectivity index (χ3v) is 1.90. The minimum absolute atomic E-state index is 0.985. The zero-order valence-electron chi connectivity index (χ0n) is 6.45. The van der Waals surface area contributed by atoms with Crippen molar-refractivity contribution in [2.24, 2.45) is 0 Å². The fourth-order valence-corrected chi connectivity index (χ4v) is 1.17. The molecule has 0 aromatic rings. The minimum atomic E-state index is -2.40. The molecule has 0 aromatic carbocycles. The lowest BCUT2D eigenvalue weighted by atomic mass is 10.2. The van der Waals surface area contributed by atoms with Crippen molar-refractivity contribution in [3.8, 4) is 0 Å². The van der Waals surface area contributed by atoms with Crippen molar-refractivity contribution >= 4 is 9.28 Å². The van der Waals surface area contributed by atoms with Gasteiger partial charge in [-0.15, -0.1) is 0 Å². The molecule has 10 heavy (non-hydrogen) atoms. The molecule has 0 atom stereocenters. The third kappa shape index (κ3) is 7.88. The highest BCUT2D eigenvalue weighted by Gasteiger charge is 1.90. The van der Waals surface area contributed by atoms with Gasteiger partial charge in [-0.1, -0.05) is 25.8 Å². The van der Waals surface area contributed by atoms with Crippen LogP contribution in [-0.4, -0.2) is 18.9 Å². The lowest BCUT2D eigenvalue weighted by Gasteiger charge is -1.91. The van der Waals surface area contributed by atoms with Gasteiger partial charge in [0.25, 0.3) is 0 Å². The van der Waals surface area contributed by atoms with Crippen LogP contribution >= 0.6 is 0 Å². The largest absolute Gasteiger partial charge is 0.410 e. The predicted molar refractivity (Wildman–Crippen MR) is 44.9 cm³/mol. The maximum absolute atomic E-state index is 8.52. The van der Waals surface area contributed by atoms with E-state index in [-0.39, 0.29) is 0 Å². The van der Waals surface area contributed by atoms with Crippen molar-refractivity contribution in [2.45, 2.75) is 32.6 Å². The van der Waals surface area contributed by atoms with Crippen molar-refractivity contribution in [2.75, 3.05) is 0 Å². The summed E-state index contributed by atoms with van der Waals surface area (Å²) in [7, 11) is -2.40. The first-order valence-electron chi connectivity index (χ1n) is 3.80. The molecular weight excluding hydrogens is 144 g/mol. The van der Waals surface area contributed by atoms with E-state index >= 15 is 0 Å². The Morgan fingerprint density at radius 2 is 2.00 bits per heavy atom. The van der Waals surface area contributed by atoms with Crippen LogP contribution < -0.4 is 0 Å². The topological polar surface area (TPSA) is 40.5 Å². The van der Waals surface area contributed by atoms with Crippen LogP contribution in [-0.2, 0) is 0 Å². The molecule has 0 saturated carbocycles. The van der Waals surface area contributed by atoms with Gasteiger partial charge in [-0.25, -0.2) is 0 Å². The highest BCUT2D eigenvalue weighted by Crippen LogP contribution is 1.99. The predicted octanol–water partition coefficient (Wildman–Crippen LogP) is 0.867. The molecule has 0 heterocycles. The summed E-state index contributed by atoms with van der Waals surface area (Å²) in [6.45, 7) is 2.15. The van der Waals surface area contributed by atoms with Gasteiger partial charge in [-0.2, -0.15) is 0 Å². The van der Waals surface area contributed by atoms with Crippen LogP contribution in [0.3, 0.4) is 0 Å². The number of unbranched alkanes of at least 4 members (excludes halogenated alkanes) is 3. The molecule has 0 aliphatic rings. The molecule has 0 aliphatic heterocycles. The molecule has 0 aromatic heterocycles. The Bertz CT molecular complexity index is 91.6. The average Bonchev–Trinajstić information content (AvgIpc) is 1.87. The molecule has 0 fully saturated rings. The van der Waals surface area contributed by atoms with E-state index in [0.29, 0.717) is 0 Å². The molecule has 60 valence electrons. The van der Waals surface area contributed by atoms with Crippen molar-refractivity contribution < 1.29 is 9.59 Å². The monoisotopic (exact) mass is 160 g/mol. The molecule has 0 amide bonds. The summed E-state index contributed by atoms with van der Waals surface area (Å²) < 4.78 is 0. The van der Waals surface area contributed by atoms with Crippen molar-refractivity contribution in [1.82, 2.24) is 0 Å². The van der Waals surface area contributed by atoms with Crippen LogP contribution in [0.2, 0.25) is 0 Å². The Hall–Kier alpha value is -0.123. The van der Waals surface area contributed by atoms with Crippen molar-refractivity contribution in [3.63, 3.8) is 0 Å². The summed E-state index contributed by atoms with van der Waals surface area (Å²) >= 11 is 0. The van der Waals surface area contributed by atoms with Gasteiger partial charge in [0, 0.05) is 0 Å². The molecule has 0 aliphatic carbocycles. The van der Waals surface area contributed by atoms with Gasteiger partial charge >= 0.3 is 9.28 Å². The van der Waals surface area contributed by atoms with Gasteiger partial charge in [0.15, 0.2) is 0 Å². The van der Waals surface area contributed by atoms with Crippen LogP contribution in [0.15, 0.2) is 11.8 Å². The van der Waals surface area contributed by atoms with E-state index in [1.807, 2.05) is 6.08 Å². The third-order valence-electron chi connectivity index (χ3n) is 1.28. The zero-order chi connectivity index (χ0) is 7.82. The summed E-state index contributed by atoms with van der Waals surface area (Å²) in [5.41, 5.74) is 1.54. The molecule has 0 spiro atoms. The van der Waals surface area contributed by atoms with Crippen LogP contribution in [0, 0.1) is 0 Å². The number of hydrogen-bond donors (Lipinski definition) is 2. The maximum atomic E-state index is 8.52. The van der Waals surface area contributed by atoms with E-state index < -0.39 is 9.28 Å². The summed E-state index contributed by atoms with van der Waals surface area (Å²) in [6, 6.07) is 0. The van der Waals surface area contributed by atoms with Crippen LogP contribution in [0.25, 0.3) is 0 Å². The van der Waals surface area contributed by atoms with E-state index in [9.17, 15) is 0 Å². The number of hydrogen-bond acceptors (Lipinski definition) is 2. The SMILES string of the molecule is CCCCCC=C[SiH](O)O. The standard InChI is InChI=1S/C7H16O2Si/c1-2-3-4-5-6-7-10(8)9/h6-10H,2-5H2,1H3. The Labute approximate surface area is 64.1 Å². The zero-order valence-corrected chi connectivity index (χ0v) is 7.61. The summed E-state index contributed by atoms with van der Waals surface area (Å²) in [5.74, 6) is 0. The fraction of sp³-hybridized carbons (Fsp3) is 0.714. The van der Waals surface area contributed by atoms with Crippen molar-refractivity contribution in [1.29, 1.82) is 0 Å². The summed E-state index contributed by atoms with van der Waals surface area (Å²) in [5, 5.41) is 0. The highest BCUT2D eigenvalue weighted by molar-refractivity contribution is 6.47. The van der Waals surface area contributed by atoms with E-state index in [0.717, 1.165) is 12.8 Å². The molecule has 0 radical (unpaired) electrons. The molecule has 3 heteroatoms.